The lowest BCUT2D eigenvalue weighted by molar-refractivity contribution is 0.208. The fourth-order valence-corrected chi connectivity index (χ4v) is 1.24. The van der Waals surface area contributed by atoms with Gasteiger partial charge in [0, 0.05) is 11.6 Å². The van der Waals surface area contributed by atoms with Gasteiger partial charge in [-0.1, -0.05) is 0 Å². The lowest BCUT2D eigenvalue weighted by atomic mass is 9.95. The monoisotopic (exact) mass is 201 g/mol. The molecule has 0 aromatic heterocycles. The van der Waals surface area contributed by atoms with Crippen molar-refractivity contribution in [3.63, 3.8) is 0 Å². The number of aliphatic hydroxyl groups excluding tert-OH is 1. The number of halogens is 2. The van der Waals surface area contributed by atoms with Crippen LogP contribution < -0.4 is 5.73 Å². The van der Waals surface area contributed by atoms with Gasteiger partial charge in [0.1, 0.15) is 11.6 Å². The van der Waals surface area contributed by atoms with Crippen molar-refractivity contribution >= 4 is 0 Å². The molecule has 0 bridgehead atoms. The molecule has 0 aliphatic heterocycles. The van der Waals surface area contributed by atoms with E-state index in [0.29, 0.717) is 5.56 Å². The predicted octanol–water partition coefficient (Wildman–Crippen LogP) is 1.22. The molecule has 0 radical (unpaired) electrons. The van der Waals surface area contributed by atoms with Gasteiger partial charge in [0.25, 0.3) is 0 Å². The molecule has 1 atom stereocenters. The third kappa shape index (κ3) is 3.05. The summed E-state index contributed by atoms with van der Waals surface area (Å²) < 4.78 is 25.5. The van der Waals surface area contributed by atoms with Crippen LogP contribution >= 0.6 is 0 Å². The van der Waals surface area contributed by atoms with Gasteiger partial charge in [-0.05, 0) is 31.0 Å². The number of hydrogen-bond donors (Lipinski definition) is 2. The van der Waals surface area contributed by atoms with Crippen LogP contribution in [0.5, 0.6) is 0 Å². The van der Waals surface area contributed by atoms with Gasteiger partial charge < -0.3 is 10.8 Å². The van der Waals surface area contributed by atoms with E-state index in [2.05, 4.69) is 0 Å². The molecule has 2 nitrogen and oxygen atoms in total. The Balaban J connectivity index is 2.87. The van der Waals surface area contributed by atoms with Crippen molar-refractivity contribution < 1.29 is 13.9 Å². The van der Waals surface area contributed by atoms with Crippen LogP contribution in [-0.4, -0.2) is 17.3 Å². The first-order chi connectivity index (χ1) is 6.43. The molecular weight excluding hydrogens is 188 g/mol. The third-order valence-corrected chi connectivity index (χ3v) is 1.89. The molecule has 14 heavy (non-hydrogen) atoms. The maximum absolute atomic E-state index is 12.8. The van der Waals surface area contributed by atoms with E-state index in [9.17, 15) is 8.78 Å². The van der Waals surface area contributed by atoms with E-state index in [0.717, 1.165) is 6.07 Å². The van der Waals surface area contributed by atoms with Crippen LogP contribution in [0.4, 0.5) is 8.78 Å². The van der Waals surface area contributed by atoms with Crippen molar-refractivity contribution in [1.29, 1.82) is 0 Å². The van der Waals surface area contributed by atoms with Gasteiger partial charge >= 0.3 is 0 Å². The molecule has 1 aromatic rings. The van der Waals surface area contributed by atoms with E-state index >= 15 is 0 Å². The Morgan fingerprint density at radius 2 is 1.79 bits per heavy atom. The molecule has 4 heteroatoms. The average Bonchev–Trinajstić information content (AvgIpc) is 2.01. The molecular formula is C10H13F2NO. The summed E-state index contributed by atoms with van der Waals surface area (Å²) in [6, 6.07) is 3.23. The van der Waals surface area contributed by atoms with Crippen LogP contribution in [0, 0.1) is 11.6 Å². The van der Waals surface area contributed by atoms with Crippen LogP contribution in [-0.2, 0) is 6.42 Å². The summed E-state index contributed by atoms with van der Waals surface area (Å²) in [6.07, 6.45) is 0.234. The van der Waals surface area contributed by atoms with Gasteiger partial charge in [-0.2, -0.15) is 0 Å². The van der Waals surface area contributed by atoms with Crippen LogP contribution in [0.2, 0.25) is 0 Å². The smallest absolute Gasteiger partial charge is 0.126 e. The summed E-state index contributed by atoms with van der Waals surface area (Å²) in [4.78, 5) is 0. The quantitative estimate of drug-likeness (QED) is 0.772. The van der Waals surface area contributed by atoms with E-state index in [-0.39, 0.29) is 13.0 Å². The van der Waals surface area contributed by atoms with Crippen molar-refractivity contribution in [1.82, 2.24) is 0 Å². The molecule has 0 fully saturated rings. The molecule has 0 aliphatic rings. The lowest BCUT2D eigenvalue weighted by Crippen LogP contribution is -2.42. The van der Waals surface area contributed by atoms with Crippen molar-refractivity contribution in [2.24, 2.45) is 5.73 Å². The second-order valence-electron chi connectivity index (χ2n) is 3.77. The van der Waals surface area contributed by atoms with Crippen molar-refractivity contribution in [3.05, 3.63) is 35.4 Å². The van der Waals surface area contributed by atoms with Crippen LogP contribution in [0.15, 0.2) is 18.2 Å². The molecule has 1 aromatic carbocycles. The standard InChI is InChI=1S/C10H13F2NO/c1-10(13,6-14)5-7-2-8(11)4-9(12)3-7/h2-4,14H,5-6,13H2,1H3. The van der Waals surface area contributed by atoms with Gasteiger partial charge in [0.2, 0.25) is 0 Å². The summed E-state index contributed by atoms with van der Waals surface area (Å²) in [5, 5.41) is 8.88. The van der Waals surface area contributed by atoms with E-state index < -0.39 is 17.2 Å². The highest BCUT2D eigenvalue weighted by Gasteiger charge is 2.18. The minimum Gasteiger partial charge on any atom is -0.394 e. The summed E-state index contributed by atoms with van der Waals surface area (Å²) in [7, 11) is 0. The Bertz CT molecular complexity index is 306. The Morgan fingerprint density at radius 1 is 1.29 bits per heavy atom. The number of hydrogen-bond acceptors (Lipinski definition) is 2. The van der Waals surface area contributed by atoms with Gasteiger partial charge in [0.05, 0.1) is 6.61 Å². The SMILES string of the molecule is CC(N)(CO)Cc1cc(F)cc(F)c1. The number of aliphatic hydroxyl groups is 1. The Morgan fingerprint density at radius 3 is 2.21 bits per heavy atom. The maximum Gasteiger partial charge on any atom is 0.126 e. The highest BCUT2D eigenvalue weighted by atomic mass is 19.1. The minimum absolute atomic E-state index is 0.231. The van der Waals surface area contributed by atoms with Crippen LogP contribution in [0.25, 0.3) is 0 Å². The number of nitrogens with two attached hydrogens (primary N) is 1. The normalized spacial score (nSPS) is 15.2. The average molecular weight is 201 g/mol. The first-order valence-electron chi connectivity index (χ1n) is 4.28. The maximum atomic E-state index is 12.8. The zero-order valence-electron chi connectivity index (χ0n) is 7.93. The molecule has 0 heterocycles. The third-order valence-electron chi connectivity index (χ3n) is 1.89. The molecule has 1 unspecified atom stereocenters. The molecule has 0 aliphatic carbocycles. The first-order valence-corrected chi connectivity index (χ1v) is 4.28. The molecule has 0 spiro atoms. The Kier molecular flexibility index (Phi) is 3.18. The topological polar surface area (TPSA) is 46.2 Å². The fraction of sp³-hybridized carbons (Fsp3) is 0.400. The van der Waals surface area contributed by atoms with Gasteiger partial charge in [-0.15, -0.1) is 0 Å². The second-order valence-corrected chi connectivity index (χ2v) is 3.77. The first kappa shape index (κ1) is 11.1. The minimum atomic E-state index is -0.847. The van der Waals surface area contributed by atoms with Crippen LogP contribution in [0.3, 0.4) is 0 Å². The van der Waals surface area contributed by atoms with E-state index in [1.807, 2.05) is 0 Å². The summed E-state index contributed by atoms with van der Waals surface area (Å²) in [5.41, 5.74) is 5.25. The largest absolute Gasteiger partial charge is 0.394 e. The highest BCUT2D eigenvalue weighted by Crippen LogP contribution is 2.13. The number of benzene rings is 1. The molecule has 1 rings (SSSR count). The van der Waals surface area contributed by atoms with Gasteiger partial charge in [-0.25, -0.2) is 8.78 Å². The zero-order chi connectivity index (χ0) is 10.8. The molecule has 78 valence electrons. The second kappa shape index (κ2) is 4.02. The van der Waals surface area contributed by atoms with E-state index in [1.54, 1.807) is 6.92 Å². The van der Waals surface area contributed by atoms with Gasteiger partial charge in [-0.3, -0.25) is 0 Å². The fourth-order valence-electron chi connectivity index (χ4n) is 1.24. The molecule has 0 saturated carbocycles. The molecule has 0 saturated heterocycles. The Hall–Kier alpha value is -1.00. The highest BCUT2D eigenvalue weighted by molar-refractivity contribution is 5.20. The van der Waals surface area contributed by atoms with Crippen molar-refractivity contribution in [3.8, 4) is 0 Å². The zero-order valence-corrected chi connectivity index (χ0v) is 7.93. The Labute approximate surface area is 81.4 Å². The van der Waals surface area contributed by atoms with Crippen molar-refractivity contribution in [2.45, 2.75) is 18.9 Å². The predicted molar refractivity (Wildman–Crippen MR) is 49.7 cm³/mol. The number of rotatable bonds is 3. The summed E-state index contributed by atoms with van der Waals surface area (Å²) in [5.74, 6) is -1.26. The van der Waals surface area contributed by atoms with Crippen LogP contribution in [0.1, 0.15) is 12.5 Å². The van der Waals surface area contributed by atoms with E-state index in [1.165, 1.54) is 12.1 Å². The van der Waals surface area contributed by atoms with Gasteiger partial charge in [0.15, 0.2) is 0 Å². The molecule has 0 amide bonds. The van der Waals surface area contributed by atoms with E-state index in [4.69, 9.17) is 10.8 Å². The lowest BCUT2D eigenvalue weighted by Gasteiger charge is -2.21. The summed E-state index contributed by atoms with van der Waals surface area (Å²) >= 11 is 0. The molecule has 3 N–H and O–H groups in total. The summed E-state index contributed by atoms with van der Waals surface area (Å²) in [6.45, 7) is 1.39. The van der Waals surface area contributed by atoms with Crippen molar-refractivity contribution in [2.75, 3.05) is 6.61 Å².